The number of carbonyl (C=O) groups is 1. The van der Waals surface area contributed by atoms with Gasteiger partial charge in [0.05, 0.1) is 13.7 Å². The molecule has 12 heavy (non-hydrogen) atoms. The number of esters is 1. The highest BCUT2D eigenvalue weighted by Gasteiger charge is 2.03. The highest BCUT2D eigenvalue weighted by Crippen LogP contribution is 2.35. The first-order chi connectivity index (χ1) is 5.45. The average Bonchev–Trinajstić information content (AvgIpc) is 1.84. The van der Waals surface area contributed by atoms with Gasteiger partial charge in [-0.05, 0) is 20.3 Å². The van der Waals surface area contributed by atoms with E-state index in [9.17, 15) is 9.36 Å². The maximum atomic E-state index is 11.2. The molecule has 3 nitrogen and oxygen atoms in total. The van der Waals surface area contributed by atoms with Crippen LogP contribution in [0.1, 0.15) is 6.92 Å². The van der Waals surface area contributed by atoms with Crippen LogP contribution in [0.3, 0.4) is 0 Å². The zero-order valence-corrected chi connectivity index (χ0v) is 8.64. The lowest BCUT2D eigenvalue weighted by molar-refractivity contribution is -0.137. The van der Waals surface area contributed by atoms with Crippen LogP contribution in [0.25, 0.3) is 0 Å². The van der Waals surface area contributed by atoms with Gasteiger partial charge in [0.2, 0.25) is 0 Å². The molecule has 0 atom stereocenters. The zero-order valence-electron chi connectivity index (χ0n) is 7.74. The predicted octanol–water partition coefficient (Wildman–Crippen LogP) is 1.73. The molecule has 0 unspecified atom stereocenters. The standard InChI is InChI=1S/C8H15O3P/c1-4-11-8(9)6-5-7-12(2,3)10/h5-6H,4,7H2,1-3H3/b6-5+. The molecule has 0 spiro atoms. The summed E-state index contributed by atoms with van der Waals surface area (Å²) in [6.07, 6.45) is 3.37. The van der Waals surface area contributed by atoms with E-state index in [-0.39, 0.29) is 5.97 Å². The normalized spacial score (nSPS) is 11.9. The van der Waals surface area contributed by atoms with E-state index in [1.165, 1.54) is 6.08 Å². The molecule has 0 aliphatic carbocycles. The van der Waals surface area contributed by atoms with Crippen molar-refractivity contribution in [2.24, 2.45) is 0 Å². The summed E-state index contributed by atoms with van der Waals surface area (Å²) >= 11 is 0. The molecule has 0 bridgehead atoms. The lowest BCUT2D eigenvalue weighted by Crippen LogP contribution is -1.99. The Balaban J connectivity index is 3.77. The van der Waals surface area contributed by atoms with Gasteiger partial charge in [-0.3, -0.25) is 0 Å². The van der Waals surface area contributed by atoms with E-state index in [2.05, 4.69) is 4.74 Å². The highest BCUT2D eigenvalue weighted by molar-refractivity contribution is 7.62. The van der Waals surface area contributed by atoms with Crippen molar-refractivity contribution in [3.05, 3.63) is 12.2 Å². The fourth-order valence-corrected chi connectivity index (χ4v) is 1.21. The number of hydrogen-bond donors (Lipinski definition) is 0. The molecule has 0 heterocycles. The molecule has 0 radical (unpaired) electrons. The first kappa shape index (κ1) is 11.4. The van der Waals surface area contributed by atoms with Crippen molar-refractivity contribution in [2.45, 2.75) is 6.92 Å². The second-order valence-electron chi connectivity index (χ2n) is 2.91. The van der Waals surface area contributed by atoms with E-state index in [1.54, 1.807) is 26.3 Å². The summed E-state index contributed by atoms with van der Waals surface area (Å²) in [5.74, 6) is -0.369. The van der Waals surface area contributed by atoms with E-state index in [0.29, 0.717) is 12.8 Å². The largest absolute Gasteiger partial charge is 0.463 e. The molecule has 0 aliphatic heterocycles. The Morgan fingerprint density at radius 2 is 2.08 bits per heavy atom. The number of carbonyl (C=O) groups excluding carboxylic acids is 1. The molecular weight excluding hydrogens is 175 g/mol. The molecular formula is C8H15O3P. The summed E-state index contributed by atoms with van der Waals surface area (Å²) in [7, 11) is -2.04. The topological polar surface area (TPSA) is 43.4 Å². The Hall–Kier alpha value is -0.560. The number of hydrogen-bond acceptors (Lipinski definition) is 3. The van der Waals surface area contributed by atoms with Crippen LogP contribution in [0.2, 0.25) is 0 Å². The quantitative estimate of drug-likeness (QED) is 0.385. The van der Waals surface area contributed by atoms with E-state index in [4.69, 9.17) is 0 Å². The number of rotatable bonds is 4. The van der Waals surface area contributed by atoms with E-state index >= 15 is 0 Å². The van der Waals surface area contributed by atoms with Crippen LogP contribution < -0.4 is 0 Å². The van der Waals surface area contributed by atoms with Crippen molar-refractivity contribution in [2.75, 3.05) is 26.1 Å². The molecule has 0 saturated carbocycles. The van der Waals surface area contributed by atoms with Crippen molar-refractivity contribution in [3.63, 3.8) is 0 Å². The van der Waals surface area contributed by atoms with Gasteiger partial charge in [0.15, 0.2) is 0 Å². The minimum Gasteiger partial charge on any atom is -0.463 e. The van der Waals surface area contributed by atoms with Gasteiger partial charge in [-0.25, -0.2) is 4.79 Å². The van der Waals surface area contributed by atoms with Crippen molar-refractivity contribution in [1.29, 1.82) is 0 Å². The van der Waals surface area contributed by atoms with Gasteiger partial charge in [0.1, 0.15) is 0 Å². The lowest BCUT2D eigenvalue weighted by atomic mass is 10.5. The summed E-state index contributed by atoms with van der Waals surface area (Å²) < 4.78 is 15.8. The maximum Gasteiger partial charge on any atom is 0.330 e. The number of allylic oxidation sites excluding steroid dienone is 1. The Morgan fingerprint density at radius 3 is 2.50 bits per heavy atom. The molecule has 0 N–H and O–H groups in total. The van der Waals surface area contributed by atoms with Crippen LogP contribution in [-0.4, -0.2) is 32.1 Å². The molecule has 0 amide bonds. The van der Waals surface area contributed by atoms with Crippen molar-refractivity contribution in [3.8, 4) is 0 Å². The highest BCUT2D eigenvalue weighted by atomic mass is 31.2. The number of ether oxygens (including phenoxy) is 1. The second-order valence-corrected chi connectivity index (χ2v) is 6.42. The average molecular weight is 190 g/mol. The maximum absolute atomic E-state index is 11.2. The minimum atomic E-state index is -2.04. The minimum absolute atomic E-state index is 0.369. The Kier molecular flexibility index (Phi) is 4.91. The lowest BCUT2D eigenvalue weighted by Gasteiger charge is -1.99. The first-order valence-electron chi connectivity index (χ1n) is 3.83. The molecule has 0 aromatic carbocycles. The van der Waals surface area contributed by atoms with E-state index in [1.807, 2.05) is 0 Å². The van der Waals surface area contributed by atoms with E-state index < -0.39 is 7.14 Å². The second kappa shape index (κ2) is 5.15. The Morgan fingerprint density at radius 1 is 1.50 bits per heavy atom. The van der Waals surface area contributed by atoms with Gasteiger partial charge >= 0.3 is 5.97 Å². The predicted molar refractivity (Wildman–Crippen MR) is 50.1 cm³/mol. The monoisotopic (exact) mass is 190 g/mol. The summed E-state index contributed by atoms with van der Waals surface area (Å²) in [6, 6.07) is 0. The van der Waals surface area contributed by atoms with Crippen LogP contribution in [0.4, 0.5) is 0 Å². The molecule has 0 aliphatic rings. The fourth-order valence-electron chi connectivity index (χ4n) is 0.593. The van der Waals surface area contributed by atoms with Crippen LogP contribution in [0.15, 0.2) is 12.2 Å². The SMILES string of the molecule is CCOC(=O)/C=C/CP(C)(C)=O. The molecule has 0 aromatic heterocycles. The summed E-state index contributed by atoms with van der Waals surface area (Å²) in [5.41, 5.74) is 0. The Bertz CT molecular complexity index is 214. The third-order valence-electron chi connectivity index (χ3n) is 1.09. The van der Waals surface area contributed by atoms with E-state index in [0.717, 1.165) is 0 Å². The van der Waals surface area contributed by atoms with Crippen molar-refractivity contribution < 1.29 is 14.1 Å². The van der Waals surface area contributed by atoms with Gasteiger partial charge in [-0.15, -0.1) is 0 Å². The van der Waals surface area contributed by atoms with Gasteiger partial charge in [0.25, 0.3) is 0 Å². The summed E-state index contributed by atoms with van der Waals surface area (Å²) in [5, 5.41) is 0. The van der Waals surface area contributed by atoms with Crippen LogP contribution in [0, 0.1) is 0 Å². The summed E-state index contributed by atoms with van der Waals surface area (Å²) in [4.78, 5) is 10.7. The van der Waals surface area contributed by atoms with Crippen molar-refractivity contribution >= 4 is 13.1 Å². The molecule has 70 valence electrons. The third kappa shape index (κ3) is 7.55. The molecule has 0 rings (SSSR count). The molecule has 0 aromatic rings. The fraction of sp³-hybridized carbons (Fsp3) is 0.625. The summed E-state index contributed by atoms with van der Waals surface area (Å²) in [6.45, 7) is 5.49. The molecule has 4 heteroatoms. The van der Waals surface area contributed by atoms with Gasteiger partial charge in [0, 0.05) is 12.2 Å². The van der Waals surface area contributed by atoms with Crippen LogP contribution in [-0.2, 0) is 14.1 Å². The van der Waals surface area contributed by atoms with Gasteiger partial charge in [-0.2, -0.15) is 0 Å². The van der Waals surface area contributed by atoms with Gasteiger partial charge in [-0.1, -0.05) is 6.08 Å². The van der Waals surface area contributed by atoms with Gasteiger partial charge < -0.3 is 9.30 Å². The smallest absolute Gasteiger partial charge is 0.330 e. The third-order valence-corrected chi connectivity index (χ3v) is 2.18. The Labute approximate surface area is 73.2 Å². The first-order valence-corrected chi connectivity index (χ1v) is 6.61. The molecule has 0 fully saturated rings. The molecule has 0 saturated heterocycles. The van der Waals surface area contributed by atoms with Crippen molar-refractivity contribution in [1.82, 2.24) is 0 Å². The van der Waals surface area contributed by atoms with Crippen LogP contribution >= 0.6 is 7.14 Å². The van der Waals surface area contributed by atoms with Crippen LogP contribution in [0.5, 0.6) is 0 Å². The zero-order chi connectivity index (χ0) is 9.61.